The molecular formula is C17H17N5O3S. The van der Waals surface area contributed by atoms with Crippen LogP contribution < -0.4 is 5.56 Å². The van der Waals surface area contributed by atoms with E-state index in [0.717, 1.165) is 22.2 Å². The van der Waals surface area contributed by atoms with Crippen molar-refractivity contribution in [1.82, 2.24) is 19.3 Å². The molecular weight excluding hydrogens is 354 g/mol. The number of aromatic nitrogens is 4. The van der Waals surface area contributed by atoms with Gasteiger partial charge in [0.05, 0.1) is 16.8 Å². The summed E-state index contributed by atoms with van der Waals surface area (Å²) >= 11 is 1.45. The molecule has 0 N–H and O–H groups in total. The van der Waals surface area contributed by atoms with Gasteiger partial charge in [0.25, 0.3) is 11.2 Å². The minimum absolute atomic E-state index is 0.103. The van der Waals surface area contributed by atoms with Crippen molar-refractivity contribution < 1.29 is 4.92 Å². The number of nitrogens with zero attached hydrogens (tertiary/aromatic N) is 5. The van der Waals surface area contributed by atoms with Gasteiger partial charge >= 0.3 is 0 Å². The van der Waals surface area contributed by atoms with Crippen molar-refractivity contribution in [3.8, 4) is 5.69 Å². The lowest BCUT2D eigenvalue weighted by Gasteiger charge is -2.11. The van der Waals surface area contributed by atoms with Gasteiger partial charge in [0.1, 0.15) is 5.82 Å². The first kappa shape index (κ1) is 17.9. The Hall–Kier alpha value is -2.94. The summed E-state index contributed by atoms with van der Waals surface area (Å²) in [5.74, 6) is 1.31. The highest BCUT2D eigenvalue weighted by Gasteiger charge is 2.13. The van der Waals surface area contributed by atoms with Crippen LogP contribution >= 0.6 is 11.8 Å². The molecule has 0 amide bonds. The van der Waals surface area contributed by atoms with Crippen LogP contribution in [0.4, 0.5) is 5.69 Å². The van der Waals surface area contributed by atoms with Gasteiger partial charge in [-0.25, -0.2) is 0 Å². The lowest BCUT2D eigenvalue weighted by atomic mass is 10.2. The lowest BCUT2D eigenvalue weighted by Crippen LogP contribution is -2.20. The Morgan fingerprint density at radius 2 is 1.92 bits per heavy atom. The molecule has 8 nitrogen and oxygen atoms in total. The smallest absolute Gasteiger partial charge is 0.285 e. The van der Waals surface area contributed by atoms with Crippen LogP contribution in [-0.4, -0.2) is 30.0 Å². The molecule has 26 heavy (non-hydrogen) atoms. The largest absolute Gasteiger partial charge is 0.308 e. The van der Waals surface area contributed by atoms with E-state index in [9.17, 15) is 14.9 Å². The first-order chi connectivity index (χ1) is 12.5. The second-order valence-electron chi connectivity index (χ2n) is 5.68. The van der Waals surface area contributed by atoms with E-state index in [1.165, 1.54) is 34.7 Å². The molecule has 0 fully saturated rings. The molecule has 0 radical (unpaired) electrons. The zero-order valence-corrected chi connectivity index (χ0v) is 15.1. The third-order valence-electron chi connectivity index (χ3n) is 3.89. The molecule has 3 rings (SSSR count). The number of thioether (sulfide) groups is 1. The molecule has 134 valence electrons. The fourth-order valence-electron chi connectivity index (χ4n) is 2.56. The number of rotatable bonds is 6. The van der Waals surface area contributed by atoms with Crippen LogP contribution in [0, 0.1) is 24.0 Å². The van der Waals surface area contributed by atoms with Gasteiger partial charge in [-0.1, -0.05) is 30.0 Å². The van der Waals surface area contributed by atoms with Crippen LogP contribution in [-0.2, 0) is 6.54 Å². The van der Waals surface area contributed by atoms with E-state index in [1.807, 2.05) is 42.7 Å². The van der Waals surface area contributed by atoms with Crippen molar-refractivity contribution in [2.45, 2.75) is 25.5 Å². The summed E-state index contributed by atoms with van der Waals surface area (Å²) in [6.07, 6.45) is 1.26. The van der Waals surface area contributed by atoms with Gasteiger partial charge in [-0.3, -0.25) is 19.5 Å². The molecule has 0 atom stereocenters. The summed E-state index contributed by atoms with van der Waals surface area (Å²) in [4.78, 5) is 22.2. The quantitative estimate of drug-likeness (QED) is 0.375. The molecule has 0 spiro atoms. The highest BCUT2D eigenvalue weighted by atomic mass is 32.2. The maximum atomic E-state index is 11.9. The van der Waals surface area contributed by atoms with Crippen molar-refractivity contribution in [2.75, 3.05) is 5.75 Å². The first-order valence-corrected chi connectivity index (χ1v) is 8.91. The van der Waals surface area contributed by atoms with Crippen molar-refractivity contribution in [1.29, 1.82) is 0 Å². The minimum atomic E-state index is -0.513. The zero-order chi connectivity index (χ0) is 18.7. The number of pyridine rings is 1. The summed E-state index contributed by atoms with van der Waals surface area (Å²) < 4.78 is 3.31. The molecule has 0 saturated carbocycles. The molecule has 0 aliphatic carbocycles. The standard InChI is InChI=1S/C17H17N5O3S/c1-12-5-3-4-6-15(12)21-13(2)18-19-17(21)26-10-9-20-11-14(22(24)25)7-8-16(20)23/h3-8,11H,9-10H2,1-2H3. The van der Waals surface area contributed by atoms with Crippen molar-refractivity contribution in [2.24, 2.45) is 0 Å². The number of aryl methyl sites for hydroxylation is 3. The van der Waals surface area contributed by atoms with Gasteiger partial charge in [0, 0.05) is 24.4 Å². The topological polar surface area (TPSA) is 95.8 Å². The summed E-state index contributed by atoms with van der Waals surface area (Å²) in [5.41, 5.74) is 1.73. The predicted molar refractivity (Wildman–Crippen MR) is 98.9 cm³/mol. The van der Waals surface area contributed by atoms with Crippen molar-refractivity contribution in [3.63, 3.8) is 0 Å². The van der Waals surface area contributed by atoms with E-state index in [-0.39, 0.29) is 11.2 Å². The van der Waals surface area contributed by atoms with Gasteiger partial charge in [0.15, 0.2) is 5.16 Å². The van der Waals surface area contributed by atoms with E-state index in [0.29, 0.717) is 12.3 Å². The van der Waals surface area contributed by atoms with E-state index < -0.39 is 4.92 Å². The maximum Gasteiger partial charge on any atom is 0.285 e. The molecule has 0 aliphatic rings. The molecule has 2 aromatic heterocycles. The summed E-state index contributed by atoms with van der Waals surface area (Å²) in [6.45, 7) is 4.24. The van der Waals surface area contributed by atoms with E-state index in [2.05, 4.69) is 10.2 Å². The van der Waals surface area contributed by atoms with Gasteiger partial charge in [-0.2, -0.15) is 0 Å². The van der Waals surface area contributed by atoms with Gasteiger partial charge in [-0.15, -0.1) is 10.2 Å². The van der Waals surface area contributed by atoms with Crippen molar-refractivity contribution in [3.05, 3.63) is 74.5 Å². The van der Waals surface area contributed by atoms with Crippen LogP contribution in [0.1, 0.15) is 11.4 Å². The van der Waals surface area contributed by atoms with Crippen LogP contribution in [0.3, 0.4) is 0 Å². The van der Waals surface area contributed by atoms with Crippen LogP contribution in [0.2, 0.25) is 0 Å². The van der Waals surface area contributed by atoms with Crippen LogP contribution in [0.15, 0.2) is 52.5 Å². The molecule has 0 bridgehead atoms. The molecule has 3 aromatic rings. The molecule has 0 aliphatic heterocycles. The Morgan fingerprint density at radius 3 is 2.65 bits per heavy atom. The minimum Gasteiger partial charge on any atom is -0.308 e. The number of hydrogen-bond donors (Lipinski definition) is 0. The number of hydrogen-bond acceptors (Lipinski definition) is 6. The first-order valence-electron chi connectivity index (χ1n) is 7.93. The predicted octanol–water partition coefficient (Wildman–Crippen LogP) is 2.75. The van der Waals surface area contributed by atoms with Gasteiger partial charge in [0.2, 0.25) is 0 Å². The Bertz CT molecular complexity index is 1010. The fraction of sp³-hybridized carbons (Fsp3) is 0.235. The third kappa shape index (κ3) is 3.67. The Balaban J connectivity index is 1.78. The highest BCUT2D eigenvalue weighted by Crippen LogP contribution is 2.24. The lowest BCUT2D eigenvalue weighted by molar-refractivity contribution is -0.385. The van der Waals surface area contributed by atoms with Gasteiger partial charge < -0.3 is 4.57 Å². The molecule has 0 saturated heterocycles. The summed E-state index contributed by atoms with van der Waals surface area (Å²) in [7, 11) is 0. The number of para-hydroxylation sites is 1. The Morgan fingerprint density at radius 1 is 1.15 bits per heavy atom. The Labute approximate surface area is 153 Å². The monoisotopic (exact) mass is 371 g/mol. The highest BCUT2D eigenvalue weighted by molar-refractivity contribution is 7.99. The fourth-order valence-corrected chi connectivity index (χ4v) is 3.49. The average molecular weight is 371 g/mol. The molecule has 1 aromatic carbocycles. The van der Waals surface area contributed by atoms with Crippen molar-refractivity contribution >= 4 is 17.4 Å². The van der Waals surface area contributed by atoms with E-state index in [1.54, 1.807) is 0 Å². The molecule has 2 heterocycles. The SMILES string of the molecule is Cc1ccccc1-n1c(C)nnc1SCCn1cc([N+](=O)[O-])ccc1=O. The van der Waals surface area contributed by atoms with Gasteiger partial charge in [-0.05, 0) is 25.5 Å². The van der Waals surface area contributed by atoms with E-state index >= 15 is 0 Å². The summed E-state index contributed by atoms with van der Waals surface area (Å²) in [5, 5.41) is 19.9. The second-order valence-corrected chi connectivity index (χ2v) is 6.74. The Kier molecular flexibility index (Phi) is 5.17. The normalized spacial score (nSPS) is 10.8. The molecule has 9 heteroatoms. The average Bonchev–Trinajstić information content (AvgIpc) is 2.97. The number of benzene rings is 1. The van der Waals surface area contributed by atoms with E-state index in [4.69, 9.17) is 0 Å². The third-order valence-corrected chi connectivity index (χ3v) is 4.80. The van der Waals surface area contributed by atoms with Crippen LogP contribution in [0.5, 0.6) is 0 Å². The molecule has 0 unspecified atom stereocenters. The second kappa shape index (κ2) is 7.52. The maximum absolute atomic E-state index is 11.9. The summed E-state index contributed by atoms with van der Waals surface area (Å²) in [6, 6.07) is 10.4. The van der Waals surface area contributed by atoms with Crippen LogP contribution in [0.25, 0.3) is 5.69 Å². The zero-order valence-electron chi connectivity index (χ0n) is 14.3. The number of nitro groups is 1.